The second-order valence-corrected chi connectivity index (χ2v) is 3.33. The van der Waals surface area contributed by atoms with Gasteiger partial charge < -0.3 is 20.3 Å². The Hall–Kier alpha value is -1.75. The molecule has 0 spiro atoms. The van der Waals surface area contributed by atoms with Gasteiger partial charge in [-0.2, -0.15) is 0 Å². The number of methoxy groups -OCH3 is 2. The third-order valence-corrected chi connectivity index (χ3v) is 2.41. The van der Waals surface area contributed by atoms with E-state index in [1.54, 1.807) is 26.2 Å². The molecule has 5 nitrogen and oxygen atoms in total. The molecule has 5 heteroatoms. The maximum atomic E-state index is 10.8. The minimum Gasteiger partial charge on any atom is -0.496 e. The van der Waals surface area contributed by atoms with Gasteiger partial charge in [0.05, 0.1) is 14.2 Å². The van der Waals surface area contributed by atoms with Crippen molar-refractivity contribution in [3.05, 3.63) is 23.3 Å². The monoisotopic (exact) mass is 225 g/mol. The van der Waals surface area contributed by atoms with Crippen molar-refractivity contribution in [1.82, 2.24) is 0 Å². The summed E-state index contributed by atoms with van der Waals surface area (Å²) >= 11 is 0. The lowest BCUT2D eigenvalue weighted by molar-refractivity contribution is -0.138. The molecule has 1 aromatic rings. The average molecular weight is 225 g/mol. The molecule has 0 saturated carbocycles. The zero-order valence-electron chi connectivity index (χ0n) is 9.48. The molecule has 16 heavy (non-hydrogen) atoms. The molecule has 0 amide bonds. The topological polar surface area (TPSA) is 81.8 Å². The first-order valence-corrected chi connectivity index (χ1v) is 4.72. The van der Waals surface area contributed by atoms with Gasteiger partial charge in [0, 0.05) is 11.1 Å². The summed E-state index contributed by atoms with van der Waals surface area (Å²) in [7, 11) is 3.01. The number of hydrogen-bond acceptors (Lipinski definition) is 4. The average Bonchev–Trinajstić information content (AvgIpc) is 2.27. The van der Waals surface area contributed by atoms with Crippen LogP contribution >= 0.6 is 0 Å². The molecule has 1 rings (SSSR count). The highest BCUT2D eigenvalue weighted by Gasteiger charge is 2.21. The summed E-state index contributed by atoms with van der Waals surface area (Å²) in [5.74, 6) is -0.00435. The van der Waals surface area contributed by atoms with Gasteiger partial charge in [-0.15, -0.1) is 0 Å². The lowest BCUT2D eigenvalue weighted by atomic mass is 10.0. The molecule has 0 radical (unpaired) electrons. The summed E-state index contributed by atoms with van der Waals surface area (Å²) in [6.07, 6.45) is 0. The van der Waals surface area contributed by atoms with E-state index in [9.17, 15) is 4.79 Å². The maximum Gasteiger partial charge on any atom is 0.325 e. The van der Waals surface area contributed by atoms with Crippen LogP contribution in [-0.4, -0.2) is 25.3 Å². The molecule has 0 fully saturated rings. The van der Waals surface area contributed by atoms with Gasteiger partial charge in [-0.25, -0.2) is 0 Å². The Bertz CT molecular complexity index is 403. The summed E-state index contributed by atoms with van der Waals surface area (Å²) in [6.45, 7) is 1.79. The smallest absolute Gasteiger partial charge is 0.325 e. The number of carboxylic acid groups (broad SMARTS) is 1. The predicted octanol–water partition coefficient (Wildman–Crippen LogP) is 1.10. The first-order valence-electron chi connectivity index (χ1n) is 4.72. The van der Waals surface area contributed by atoms with E-state index in [1.807, 2.05) is 0 Å². The number of ether oxygens (including phenoxy) is 2. The van der Waals surface area contributed by atoms with E-state index in [0.29, 0.717) is 17.1 Å². The molecule has 0 heterocycles. The van der Waals surface area contributed by atoms with E-state index in [-0.39, 0.29) is 0 Å². The van der Waals surface area contributed by atoms with Gasteiger partial charge in [0.2, 0.25) is 0 Å². The third kappa shape index (κ3) is 2.09. The Balaban J connectivity index is 3.31. The number of carbonyl (C=O) groups is 1. The number of benzene rings is 1. The fraction of sp³-hybridized carbons (Fsp3) is 0.364. The van der Waals surface area contributed by atoms with Crippen LogP contribution in [0, 0.1) is 6.92 Å². The van der Waals surface area contributed by atoms with Gasteiger partial charge >= 0.3 is 5.97 Å². The van der Waals surface area contributed by atoms with Crippen LogP contribution in [-0.2, 0) is 4.79 Å². The Morgan fingerprint density at radius 1 is 1.38 bits per heavy atom. The lowest BCUT2D eigenvalue weighted by Gasteiger charge is -2.16. The first kappa shape index (κ1) is 12.3. The number of hydrogen-bond donors (Lipinski definition) is 2. The van der Waals surface area contributed by atoms with Crippen LogP contribution in [0.15, 0.2) is 12.1 Å². The molecule has 3 N–H and O–H groups in total. The van der Waals surface area contributed by atoms with E-state index >= 15 is 0 Å². The van der Waals surface area contributed by atoms with Crippen molar-refractivity contribution >= 4 is 5.97 Å². The lowest BCUT2D eigenvalue weighted by Crippen LogP contribution is -2.21. The Labute approximate surface area is 93.8 Å². The highest BCUT2D eigenvalue weighted by molar-refractivity contribution is 5.77. The second-order valence-electron chi connectivity index (χ2n) is 3.33. The van der Waals surface area contributed by atoms with Crippen molar-refractivity contribution in [3.8, 4) is 11.5 Å². The molecule has 0 aliphatic heterocycles. The van der Waals surface area contributed by atoms with Crippen molar-refractivity contribution in [3.63, 3.8) is 0 Å². The maximum absolute atomic E-state index is 10.8. The van der Waals surface area contributed by atoms with Crippen molar-refractivity contribution < 1.29 is 19.4 Å². The summed E-state index contributed by atoms with van der Waals surface area (Å²) in [5, 5.41) is 8.86. The molecular weight excluding hydrogens is 210 g/mol. The zero-order valence-corrected chi connectivity index (χ0v) is 9.48. The van der Waals surface area contributed by atoms with Gasteiger partial charge in [0.25, 0.3) is 0 Å². The fourth-order valence-electron chi connectivity index (χ4n) is 1.56. The van der Waals surface area contributed by atoms with E-state index < -0.39 is 12.0 Å². The van der Waals surface area contributed by atoms with Crippen molar-refractivity contribution in [2.45, 2.75) is 13.0 Å². The largest absolute Gasteiger partial charge is 0.496 e. The Morgan fingerprint density at radius 2 is 2.00 bits per heavy atom. The van der Waals surface area contributed by atoms with Crippen LogP contribution in [0.4, 0.5) is 0 Å². The van der Waals surface area contributed by atoms with Crippen LogP contribution in [0.3, 0.4) is 0 Å². The van der Waals surface area contributed by atoms with Crippen molar-refractivity contribution in [1.29, 1.82) is 0 Å². The van der Waals surface area contributed by atoms with Crippen LogP contribution < -0.4 is 15.2 Å². The highest BCUT2D eigenvalue weighted by Crippen LogP contribution is 2.33. The van der Waals surface area contributed by atoms with E-state index in [0.717, 1.165) is 5.56 Å². The van der Waals surface area contributed by atoms with Gasteiger partial charge in [0.1, 0.15) is 17.5 Å². The third-order valence-electron chi connectivity index (χ3n) is 2.41. The SMILES string of the molecule is COc1ccc([C@@H](N)C(=O)O)c(OC)c1C. The van der Waals surface area contributed by atoms with Crippen LogP contribution in [0.2, 0.25) is 0 Å². The van der Waals surface area contributed by atoms with Gasteiger partial charge in [0.15, 0.2) is 0 Å². The molecule has 0 saturated heterocycles. The Morgan fingerprint density at radius 3 is 2.44 bits per heavy atom. The van der Waals surface area contributed by atoms with Crippen LogP contribution in [0.5, 0.6) is 11.5 Å². The summed E-state index contributed by atoms with van der Waals surface area (Å²) in [4.78, 5) is 10.8. The summed E-state index contributed by atoms with van der Waals surface area (Å²) < 4.78 is 10.3. The minimum atomic E-state index is -1.10. The van der Waals surface area contributed by atoms with Crippen LogP contribution in [0.25, 0.3) is 0 Å². The second kappa shape index (κ2) is 4.85. The van der Waals surface area contributed by atoms with Crippen molar-refractivity contribution in [2.75, 3.05) is 14.2 Å². The number of aliphatic carboxylic acids is 1. The first-order chi connectivity index (χ1) is 7.52. The van der Waals surface area contributed by atoms with Gasteiger partial charge in [-0.1, -0.05) is 0 Å². The molecular formula is C11H15NO4. The molecule has 0 aromatic heterocycles. The predicted molar refractivity (Wildman–Crippen MR) is 58.8 cm³/mol. The minimum absolute atomic E-state index is 0.438. The zero-order chi connectivity index (χ0) is 12.3. The van der Waals surface area contributed by atoms with Crippen LogP contribution in [0.1, 0.15) is 17.2 Å². The molecule has 1 atom stereocenters. The molecule has 1 aromatic carbocycles. The standard InChI is InChI=1S/C11H15NO4/c1-6-8(15-2)5-4-7(10(6)16-3)9(12)11(13)14/h4-5,9H,12H2,1-3H3,(H,13,14)/t9-/m1/s1. The fourth-order valence-corrected chi connectivity index (χ4v) is 1.56. The summed E-state index contributed by atoms with van der Waals surface area (Å²) in [5.41, 5.74) is 6.73. The normalized spacial score (nSPS) is 12.0. The van der Waals surface area contributed by atoms with E-state index in [4.69, 9.17) is 20.3 Å². The van der Waals surface area contributed by atoms with E-state index in [1.165, 1.54) is 7.11 Å². The Kier molecular flexibility index (Phi) is 3.73. The number of nitrogens with two attached hydrogens (primary N) is 1. The van der Waals surface area contributed by atoms with Gasteiger partial charge in [-0.3, -0.25) is 4.79 Å². The highest BCUT2D eigenvalue weighted by atomic mass is 16.5. The number of rotatable bonds is 4. The molecule has 0 aliphatic carbocycles. The molecule has 0 bridgehead atoms. The quantitative estimate of drug-likeness (QED) is 0.801. The molecule has 0 aliphatic rings. The summed E-state index contributed by atoms with van der Waals surface area (Å²) in [6, 6.07) is 2.18. The molecule has 88 valence electrons. The van der Waals surface area contributed by atoms with Crippen molar-refractivity contribution in [2.24, 2.45) is 5.73 Å². The van der Waals surface area contributed by atoms with Gasteiger partial charge in [-0.05, 0) is 19.1 Å². The van der Waals surface area contributed by atoms with E-state index in [2.05, 4.69) is 0 Å². The molecule has 0 unspecified atom stereocenters. The number of carboxylic acids is 1.